The fraction of sp³-hybridized carbons (Fsp3) is 0.615. The first-order valence-electron chi connectivity index (χ1n) is 6.33. The van der Waals surface area contributed by atoms with Crippen LogP contribution >= 0.6 is 0 Å². The normalized spacial score (nSPS) is 13.9. The highest BCUT2D eigenvalue weighted by atomic mass is 16.5. The molecule has 1 unspecified atom stereocenters. The van der Waals surface area contributed by atoms with Crippen LogP contribution in [-0.2, 0) is 4.74 Å². The number of nitrogen functional groups attached to an aromatic ring is 1. The summed E-state index contributed by atoms with van der Waals surface area (Å²) in [6, 6.07) is 3.48. The van der Waals surface area contributed by atoms with Crippen LogP contribution in [0.2, 0.25) is 0 Å². The highest BCUT2D eigenvalue weighted by molar-refractivity contribution is 5.53. The van der Waals surface area contributed by atoms with E-state index in [2.05, 4.69) is 10.3 Å². The number of nitrogens with two attached hydrogens (primary N) is 1. The fourth-order valence-corrected chi connectivity index (χ4v) is 1.49. The molecular weight excluding hydrogens is 246 g/mol. The van der Waals surface area contributed by atoms with E-state index in [1.54, 1.807) is 26.2 Å². The van der Waals surface area contributed by atoms with Gasteiger partial charge in [0.05, 0.1) is 17.9 Å². The molecule has 1 rings (SSSR count). The number of hydrogen-bond acceptors (Lipinski definition) is 6. The molecule has 0 radical (unpaired) electrons. The molecule has 1 aromatic heterocycles. The Bertz CT molecular complexity index is 397. The Morgan fingerprint density at radius 2 is 2.21 bits per heavy atom. The van der Waals surface area contributed by atoms with Gasteiger partial charge in [-0.1, -0.05) is 0 Å². The van der Waals surface area contributed by atoms with Gasteiger partial charge < -0.3 is 25.6 Å². The first-order valence-corrected chi connectivity index (χ1v) is 6.33. The largest absolute Gasteiger partial charge is 0.476 e. The molecule has 108 valence electrons. The molecule has 6 nitrogen and oxygen atoms in total. The molecule has 6 heteroatoms. The zero-order valence-electron chi connectivity index (χ0n) is 11.8. The molecule has 0 amide bonds. The summed E-state index contributed by atoms with van der Waals surface area (Å²) in [5, 5.41) is 13.2. The number of pyridine rings is 1. The highest BCUT2D eigenvalue weighted by Gasteiger charge is 2.20. The second-order valence-electron chi connectivity index (χ2n) is 4.62. The molecule has 0 aromatic carbocycles. The van der Waals surface area contributed by atoms with Crippen LogP contribution in [0, 0.1) is 0 Å². The highest BCUT2D eigenvalue weighted by Crippen LogP contribution is 2.21. The number of anilines is 2. The van der Waals surface area contributed by atoms with Gasteiger partial charge in [0.1, 0.15) is 5.82 Å². The summed E-state index contributed by atoms with van der Waals surface area (Å²) in [7, 11) is 1.61. The van der Waals surface area contributed by atoms with Crippen molar-refractivity contribution in [3.63, 3.8) is 0 Å². The molecule has 0 aliphatic heterocycles. The Hall–Kier alpha value is -1.53. The number of ether oxygens (including phenoxy) is 2. The van der Waals surface area contributed by atoms with Crippen molar-refractivity contribution in [3.05, 3.63) is 12.1 Å². The number of hydrogen-bond donors (Lipinski definition) is 3. The molecule has 0 saturated carbocycles. The van der Waals surface area contributed by atoms with Gasteiger partial charge in [0.15, 0.2) is 0 Å². The predicted molar refractivity (Wildman–Crippen MR) is 75.4 cm³/mol. The van der Waals surface area contributed by atoms with Gasteiger partial charge in [0.25, 0.3) is 0 Å². The lowest BCUT2D eigenvalue weighted by Crippen LogP contribution is -2.34. The van der Waals surface area contributed by atoms with Crippen molar-refractivity contribution in [2.24, 2.45) is 0 Å². The summed E-state index contributed by atoms with van der Waals surface area (Å²) in [5.41, 5.74) is 5.38. The molecule has 19 heavy (non-hydrogen) atoms. The molecule has 1 atom stereocenters. The van der Waals surface area contributed by atoms with Crippen LogP contribution in [0.4, 0.5) is 11.5 Å². The Labute approximate surface area is 113 Å². The molecule has 1 heterocycles. The molecule has 0 saturated heterocycles. The summed E-state index contributed by atoms with van der Waals surface area (Å²) >= 11 is 0. The van der Waals surface area contributed by atoms with Gasteiger partial charge in [0, 0.05) is 26.7 Å². The standard InChI is InChI=1S/C13H23N3O3/c1-4-19-12-10(14)5-6-11(16-12)15-9-13(2,17)7-8-18-3/h5-6,17H,4,7-9,14H2,1-3H3,(H,15,16). The smallest absolute Gasteiger partial charge is 0.239 e. The van der Waals surface area contributed by atoms with E-state index >= 15 is 0 Å². The minimum atomic E-state index is -0.856. The van der Waals surface area contributed by atoms with Crippen molar-refractivity contribution < 1.29 is 14.6 Å². The molecule has 0 bridgehead atoms. The molecule has 1 aromatic rings. The second-order valence-corrected chi connectivity index (χ2v) is 4.62. The molecule has 4 N–H and O–H groups in total. The quantitative estimate of drug-likeness (QED) is 0.658. The molecule has 0 aliphatic rings. The summed E-state index contributed by atoms with van der Waals surface area (Å²) in [4.78, 5) is 4.24. The van der Waals surface area contributed by atoms with Gasteiger partial charge in [-0.3, -0.25) is 0 Å². The summed E-state index contributed by atoms with van der Waals surface area (Å²) in [6.45, 7) is 5.01. The van der Waals surface area contributed by atoms with Crippen molar-refractivity contribution in [1.29, 1.82) is 0 Å². The monoisotopic (exact) mass is 269 g/mol. The van der Waals surface area contributed by atoms with Crippen molar-refractivity contribution >= 4 is 11.5 Å². The average Bonchev–Trinajstić information content (AvgIpc) is 2.38. The number of aliphatic hydroxyl groups is 1. The number of rotatable bonds is 8. The van der Waals surface area contributed by atoms with Crippen LogP contribution in [0.15, 0.2) is 12.1 Å². The van der Waals surface area contributed by atoms with Gasteiger partial charge in [-0.2, -0.15) is 4.98 Å². The zero-order chi connectivity index (χ0) is 14.3. The Kier molecular flexibility index (Phi) is 5.85. The third kappa shape index (κ3) is 5.32. The van der Waals surface area contributed by atoms with Crippen molar-refractivity contribution in [2.45, 2.75) is 25.9 Å². The van der Waals surface area contributed by atoms with Gasteiger partial charge in [-0.15, -0.1) is 0 Å². The second kappa shape index (κ2) is 7.16. The zero-order valence-corrected chi connectivity index (χ0v) is 11.8. The summed E-state index contributed by atoms with van der Waals surface area (Å²) in [5.74, 6) is 1.03. The van der Waals surface area contributed by atoms with E-state index in [0.717, 1.165) is 0 Å². The minimum absolute atomic E-state index is 0.374. The van der Waals surface area contributed by atoms with E-state index in [0.29, 0.717) is 43.6 Å². The number of aromatic nitrogens is 1. The van der Waals surface area contributed by atoms with E-state index in [1.807, 2.05) is 6.92 Å². The Balaban J connectivity index is 2.59. The third-order valence-electron chi connectivity index (χ3n) is 2.67. The fourth-order valence-electron chi connectivity index (χ4n) is 1.49. The molecule has 0 fully saturated rings. The van der Waals surface area contributed by atoms with Crippen LogP contribution in [0.25, 0.3) is 0 Å². The Morgan fingerprint density at radius 3 is 2.84 bits per heavy atom. The molecular formula is C13H23N3O3. The van der Waals surface area contributed by atoms with Crippen LogP contribution in [0.5, 0.6) is 5.88 Å². The minimum Gasteiger partial charge on any atom is -0.476 e. The number of methoxy groups -OCH3 is 1. The van der Waals surface area contributed by atoms with Crippen LogP contribution < -0.4 is 15.8 Å². The lowest BCUT2D eigenvalue weighted by Gasteiger charge is -2.23. The maximum atomic E-state index is 10.1. The van der Waals surface area contributed by atoms with E-state index < -0.39 is 5.60 Å². The maximum Gasteiger partial charge on any atom is 0.239 e. The van der Waals surface area contributed by atoms with E-state index in [1.165, 1.54) is 0 Å². The molecule has 0 spiro atoms. The molecule has 0 aliphatic carbocycles. The number of nitrogens with one attached hydrogen (secondary N) is 1. The van der Waals surface area contributed by atoms with Crippen molar-refractivity contribution in [1.82, 2.24) is 4.98 Å². The predicted octanol–water partition coefficient (Wildman–Crippen LogP) is 1.26. The van der Waals surface area contributed by atoms with Crippen molar-refractivity contribution in [2.75, 3.05) is 37.9 Å². The lowest BCUT2D eigenvalue weighted by atomic mass is 10.0. The first-order chi connectivity index (χ1) is 8.98. The number of nitrogens with zero attached hydrogens (tertiary/aromatic N) is 1. The SMILES string of the molecule is CCOc1nc(NCC(C)(O)CCOC)ccc1N. The van der Waals surface area contributed by atoms with E-state index in [-0.39, 0.29) is 0 Å². The third-order valence-corrected chi connectivity index (χ3v) is 2.67. The summed E-state index contributed by atoms with van der Waals surface area (Å²) < 4.78 is 10.3. The van der Waals surface area contributed by atoms with Crippen LogP contribution in [0.1, 0.15) is 20.3 Å². The van der Waals surface area contributed by atoms with Gasteiger partial charge in [0.2, 0.25) is 5.88 Å². The van der Waals surface area contributed by atoms with Crippen molar-refractivity contribution in [3.8, 4) is 5.88 Å². The van der Waals surface area contributed by atoms with Crippen LogP contribution in [-0.4, -0.2) is 42.6 Å². The van der Waals surface area contributed by atoms with Gasteiger partial charge in [-0.25, -0.2) is 0 Å². The lowest BCUT2D eigenvalue weighted by molar-refractivity contribution is 0.0357. The first kappa shape index (κ1) is 15.5. The Morgan fingerprint density at radius 1 is 1.47 bits per heavy atom. The van der Waals surface area contributed by atoms with Crippen LogP contribution in [0.3, 0.4) is 0 Å². The topological polar surface area (TPSA) is 89.6 Å². The van der Waals surface area contributed by atoms with Gasteiger partial charge in [-0.05, 0) is 26.0 Å². The van der Waals surface area contributed by atoms with E-state index in [4.69, 9.17) is 15.2 Å². The summed E-state index contributed by atoms with van der Waals surface area (Å²) in [6.07, 6.45) is 0.545. The van der Waals surface area contributed by atoms with Gasteiger partial charge >= 0.3 is 0 Å². The maximum absolute atomic E-state index is 10.1. The van der Waals surface area contributed by atoms with E-state index in [9.17, 15) is 5.11 Å². The average molecular weight is 269 g/mol.